The average molecular weight is 250 g/mol. The molecule has 0 N–H and O–H groups in total. The minimum atomic E-state index is 0.617. The third-order valence-electron chi connectivity index (χ3n) is 4.43. The topological polar surface area (TPSA) is 3.24 Å². The molecule has 2 atom stereocenters. The summed E-state index contributed by atoms with van der Waals surface area (Å²) in [7, 11) is 0. The van der Waals surface area contributed by atoms with Crippen LogP contribution in [0.3, 0.4) is 0 Å². The van der Waals surface area contributed by atoms with Crippen LogP contribution in [0.5, 0.6) is 0 Å². The number of fused-ring (bicyclic) bond motifs is 1. The molecule has 3 rings (SSSR count). The Morgan fingerprint density at radius 2 is 1.82 bits per heavy atom. The van der Waals surface area contributed by atoms with Gasteiger partial charge in [-0.25, -0.2) is 0 Å². The highest BCUT2D eigenvalue weighted by Crippen LogP contribution is 2.38. The molecule has 1 saturated heterocycles. The zero-order valence-electron chi connectivity index (χ0n) is 10.2. The number of benzene rings is 1. The van der Waals surface area contributed by atoms with Crippen LogP contribution in [0.4, 0.5) is 5.69 Å². The summed E-state index contributed by atoms with van der Waals surface area (Å²) in [5.41, 5.74) is 2.61. The van der Waals surface area contributed by atoms with Crippen LogP contribution in [0.1, 0.15) is 37.7 Å². The summed E-state index contributed by atoms with van der Waals surface area (Å²) in [6, 6.07) is 9.63. The lowest BCUT2D eigenvalue weighted by Gasteiger charge is -2.33. The monoisotopic (exact) mass is 249 g/mol. The van der Waals surface area contributed by atoms with Crippen molar-refractivity contribution in [1.29, 1.82) is 0 Å². The SMILES string of the molecule is ClCc1ccc(N2CCC3CCCCC32)cc1. The molecule has 1 aromatic carbocycles. The van der Waals surface area contributed by atoms with Crippen molar-refractivity contribution in [3.63, 3.8) is 0 Å². The van der Waals surface area contributed by atoms with E-state index in [1.54, 1.807) is 0 Å². The minimum absolute atomic E-state index is 0.617. The Hall–Kier alpha value is -0.690. The van der Waals surface area contributed by atoms with E-state index in [0.29, 0.717) is 5.88 Å². The van der Waals surface area contributed by atoms with Gasteiger partial charge in [-0.3, -0.25) is 0 Å². The highest BCUT2D eigenvalue weighted by atomic mass is 35.5. The second kappa shape index (κ2) is 4.89. The van der Waals surface area contributed by atoms with E-state index in [1.807, 2.05) is 0 Å². The maximum Gasteiger partial charge on any atom is 0.0474 e. The van der Waals surface area contributed by atoms with E-state index in [4.69, 9.17) is 11.6 Å². The molecule has 0 bridgehead atoms. The lowest BCUT2D eigenvalue weighted by atomic mass is 9.85. The Labute approximate surface area is 109 Å². The van der Waals surface area contributed by atoms with Crippen molar-refractivity contribution in [2.24, 2.45) is 5.92 Å². The molecule has 2 fully saturated rings. The molecular weight excluding hydrogens is 230 g/mol. The minimum Gasteiger partial charge on any atom is -0.368 e. The summed E-state index contributed by atoms with van der Waals surface area (Å²) >= 11 is 5.84. The van der Waals surface area contributed by atoms with Crippen LogP contribution in [0.15, 0.2) is 24.3 Å². The molecule has 1 nitrogen and oxygen atoms in total. The van der Waals surface area contributed by atoms with Crippen molar-refractivity contribution in [3.05, 3.63) is 29.8 Å². The summed E-state index contributed by atoms with van der Waals surface area (Å²) < 4.78 is 0. The fourth-order valence-electron chi connectivity index (χ4n) is 3.50. The number of hydrogen-bond acceptors (Lipinski definition) is 1. The Morgan fingerprint density at radius 3 is 2.59 bits per heavy atom. The molecule has 1 saturated carbocycles. The predicted octanol–water partition coefficient (Wildman–Crippen LogP) is 4.19. The molecule has 2 aliphatic rings. The van der Waals surface area contributed by atoms with Gasteiger partial charge < -0.3 is 4.90 Å². The maximum absolute atomic E-state index is 5.84. The molecule has 0 amide bonds. The van der Waals surface area contributed by atoms with Crippen LogP contribution in [0, 0.1) is 5.92 Å². The lowest BCUT2D eigenvalue weighted by molar-refractivity contribution is 0.342. The first-order valence-corrected chi connectivity index (χ1v) is 7.33. The first-order chi connectivity index (χ1) is 8.38. The van der Waals surface area contributed by atoms with Crippen molar-refractivity contribution >= 4 is 17.3 Å². The lowest BCUT2D eigenvalue weighted by Crippen LogP contribution is -2.34. The molecule has 1 aromatic rings. The standard InChI is InChI=1S/C15H20ClN/c16-11-12-5-7-14(8-6-12)17-10-9-13-3-1-2-4-15(13)17/h5-8,13,15H,1-4,9-11H2. The summed E-state index contributed by atoms with van der Waals surface area (Å²) in [5.74, 6) is 1.57. The third kappa shape index (κ3) is 2.18. The molecule has 1 aliphatic heterocycles. The van der Waals surface area contributed by atoms with Crippen molar-refractivity contribution < 1.29 is 0 Å². The molecule has 92 valence electrons. The number of anilines is 1. The fraction of sp³-hybridized carbons (Fsp3) is 0.600. The Balaban J connectivity index is 1.78. The number of nitrogens with zero attached hydrogens (tertiary/aromatic N) is 1. The zero-order valence-corrected chi connectivity index (χ0v) is 11.0. The van der Waals surface area contributed by atoms with Gasteiger partial charge in [0, 0.05) is 24.2 Å². The van der Waals surface area contributed by atoms with E-state index in [1.165, 1.54) is 49.9 Å². The van der Waals surface area contributed by atoms with Gasteiger partial charge in [-0.2, -0.15) is 0 Å². The van der Waals surface area contributed by atoms with Crippen molar-refractivity contribution in [1.82, 2.24) is 0 Å². The first-order valence-electron chi connectivity index (χ1n) is 6.80. The number of hydrogen-bond donors (Lipinski definition) is 0. The van der Waals surface area contributed by atoms with Crippen LogP contribution in [-0.4, -0.2) is 12.6 Å². The van der Waals surface area contributed by atoms with Crippen molar-refractivity contribution in [2.75, 3.05) is 11.4 Å². The van der Waals surface area contributed by atoms with Gasteiger partial charge in [0.25, 0.3) is 0 Å². The molecule has 0 radical (unpaired) electrons. The van der Waals surface area contributed by atoms with Crippen molar-refractivity contribution in [2.45, 2.75) is 44.0 Å². The van der Waals surface area contributed by atoms with Gasteiger partial charge in [0.05, 0.1) is 0 Å². The number of alkyl halides is 1. The molecular formula is C15H20ClN. The van der Waals surface area contributed by atoms with Gasteiger partial charge in [0.2, 0.25) is 0 Å². The molecule has 17 heavy (non-hydrogen) atoms. The van der Waals surface area contributed by atoms with Crippen LogP contribution in [-0.2, 0) is 5.88 Å². The summed E-state index contributed by atoms with van der Waals surface area (Å²) in [4.78, 5) is 2.63. The Kier molecular flexibility index (Phi) is 3.28. The Bertz CT molecular complexity index is 373. The van der Waals surface area contributed by atoms with Gasteiger partial charge in [0.15, 0.2) is 0 Å². The van der Waals surface area contributed by atoms with Gasteiger partial charge in [-0.05, 0) is 42.9 Å². The molecule has 2 unspecified atom stereocenters. The number of rotatable bonds is 2. The van der Waals surface area contributed by atoms with E-state index >= 15 is 0 Å². The fourth-order valence-corrected chi connectivity index (χ4v) is 3.68. The quantitative estimate of drug-likeness (QED) is 0.711. The smallest absolute Gasteiger partial charge is 0.0474 e. The highest BCUT2D eigenvalue weighted by molar-refractivity contribution is 6.17. The van der Waals surface area contributed by atoms with Gasteiger partial charge in [0.1, 0.15) is 0 Å². The van der Waals surface area contributed by atoms with Crippen LogP contribution < -0.4 is 4.90 Å². The van der Waals surface area contributed by atoms with Gasteiger partial charge in [-0.1, -0.05) is 25.0 Å². The van der Waals surface area contributed by atoms with Gasteiger partial charge in [-0.15, -0.1) is 11.6 Å². The van der Waals surface area contributed by atoms with E-state index in [9.17, 15) is 0 Å². The normalized spacial score (nSPS) is 28.2. The summed E-state index contributed by atoms with van der Waals surface area (Å²) in [6.07, 6.45) is 7.09. The molecule has 2 heteroatoms. The van der Waals surface area contributed by atoms with Crippen LogP contribution >= 0.6 is 11.6 Å². The molecule has 1 heterocycles. The third-order valence-corrected chi connectivity index (χ3v) is 4.74. The van der Waals surface area contributed by atoms with E-state index in [-0.39, 0.29) is 0 Å². The van der Waals surface area contributed by atoms with E-state index in [2.05, 4.69) is 29.2 Å². The molecule has 1 aliphatic carbocycles. The average Bonchev–Trinajstić information content (AvgIpc) is 2.83. The van der Waals surface area contributed by atoms with Crippen LogP contribution in [0.25, 0.3) is 0 Å². The maximum atomic E-state index is 5.84. The van der Waals surface area contributed by atoms with E-state index in [0.717, 1.165) is 12.0 Å². The predicted molar refractivity (Wildman–Crippen MR) is 73.7 cm³/mol. The van der Waals surface area contributed by atoms with Crippen molar-refractivity contribution in [3.8, 4) is 0 Å². The summed E-state index contributed by atoms with van der Waals surface area (Å²) in [6.45, 7) is 1.25. The second-order valence-electron chi connectivity index (χ2n) is 5.39. The first kappa shape index (κ1) is 11.4. The van der Waals surface area contributed by atoms with E-state index < -0.39 is 0 Å². The Morgan fingerprint density at radius 1 is 1.06 bits per heavy atom. The largest absolute Gasteiger partial charge is 0.368 e. The van der Waals surface area contributed by atoms with Crippen LogP contribution in [0.2, 0.25) is 0 Å². The summed E-state index contributed by atoms with van der Waals surface area (Å²) in [5, 5.41) is 0. The second-order valence-corrected chi connectivity index (χ2v) is 5.66. The highest BCUT2D eigenvalue weighted by Gasteiger charge is 2.35. The molecule has 0 spiro atoms. The number of halogens is 1. The molecule has 0 aromatic heterocycles. The zero-order chi connectivity index (χ0) is 11.7. The van der Waals surface area contributed by atoms with Gasteiger partial charge >= 0.3 is 0 Å².